The van der Waals surface area contributed by atoms with Crippen molar-refractivity contribution in [1.29, 1.82) is 0 Å². The van der Waals surface area contributed by atoms with E-state index in [0.717, 1.165) is 72.2 Å². The topological polar surface area (TPSA) is 80.9 Å². The number of ether oxygens (including phenoxy) is 2. The van der Waals surface area contributed by atoms with Gasteiger partial charge < -0.3 is 25.0 Å². The van der Waals surface area contributed by atoms with Crippen LogP contribution in [0.5, 0.6) is 0 Å². The maximum atomic E-state index is 12.0. The van der Waals surface area contributed by atoms with Crippen LogP contribution in [0.3, 0.4) is 0 Å². The normalized spacial score (nSPS) is 21.1. The van der Waals surface area contributed by atoms with Gasteiger partial charge in [-0.25, -0.2) is 4.98 Å². The lowest BCUT2D eigenvalue weighted by atomic mass is 9.85. The summed E-state index contributed by atoms with van der Waals surface area (Å²) >= 11 is 0. The molecular formula is C27H32N4O3. The van der Waals surface area contributed by atoms with Crippen molar-refractivity contribution >= 4 is 28.8 Å². The van der Waals surface area contributed by atoms with E-state index in [2.05, 4.69) is 48.2 Å². The van der Waals surface area contributed by atoms with Crippen LogP contribution in [0.2, 0.25) is 0 Å². The summed E-state index contributed by atoms with van der Waals surface area (Å²) in [4.78, 5) is 20.8. The van der Waals surface area contributed by atoms with Crippen molar-refractivity contribution in [3.05, 3.63) is 53.6 Å². The number of aromatic nitrogens is 1. The second-order valence-electron chi connectivity index (χ2n) is 9.14. The van der Waals surface area contributed by atoms with E-state index in [1.165, 1.54) is 5.56 Å². The Labute approximate surface area is 200 Å². The monoisotopic (exact) mass is 460 g/mol. The number of likely N-dealkylation sites (tertiary alicyclic amines) is 1. The summed E-state index contributed by atoms with van der Waals surface area (Å²) in [6.45, 7) is 5.87. The highest BCUT2D eigenvalue weighted by molar-refractivity contribution is 5.91. The third-order valence-corrected chi connectivity index (χ3v) is 7.14. The maximum absolute atomic E-state index is 12.0. The predicted molar refractivity (Wildman–Crippen MR) is 135 cm³/mol. The second kappa shape index (κ2) is 9.60. The fourth-order valence-corrected chi connectivity index (χ4v) is 5.45. The summed E-state index contributed by atoms with van der Waals surface area (Å²) in [5.74, 6) is 0.547. The lowest BCUT2D eigenvalue weighted by molar-refractivity contribution is -0.126. The number of aryl methyl sites for hydroxylation is 1. The minimum absolute atomic E-state index is 0.0330. The maximum Gasteiger partial charge on any atom is 0.210 e. The van der Waals surface area contributed by atoms with Crippen LogP contribution >= 0.6 is 0 Å². The number of piperidine rings is 1. The minimum atomic E-state index is -0.115. The number of amides is 1. The number of benzene rings is 2. The number of anilines is 2. The molecule has 2 unspecified atom stereocenters. The first-order chi connectivity index (χ1) is 16.6. The Balaban J connectivity index is 1.62. The molecule has 0 spiro atoms. The summed E-state index contributed by atoms with van der Waals surface area (Å²) in [6, 6.07) is 14.7. The Hall–Kier alpha value is -3.16. The van der Waals surface area contributed by atoms with Crippen LogP contribution in [0.15, 0.2) is 42.5 Å². The molecule has 7 nitrogen and oxygen atoms in total. The van der Waals surface area contributed by atoms with Crippen LogP contribution in [0, 0.1) is 6.92 Å². The third kappa shape index (κ3) is 4.10. The molecule has 2 aromatic carbocycles. The SMILES string of the molecule is COC1CCCN(C=O)C1c1cccc(C)c1-c1ccc2nc(N)c(N3CCOCC3)cc2c1. The first kappa shape index (κ1) is 22.6. The highest BCUT2D eigenvalue weighted by Gasteiger charge is 2.34. The third-order valence-electron chi connectivity index (χ3n) is 7.14. The highest BCUT2D eigenvalue weighted by atomic mass is 16.5. The van der Waals surface area contributed by atoms with Gasteiger partial charge in [0.05, 0.1) is 36.6 Å². The van der Waals surface area contributed by atoms with Crippen LogP contribution in [-0.2, 0) is 14.3 Å². The number of hydrogen-bond acceptors (Lipinski definition) is 6. The molecule has 1 aromatic heterocycles. The van der Waals surface area contributed by atoms with Gasteiger partial charge in [-0.05, 0) is 60.2 Å². The largest absolute Gasteiger partial charge is 0.382 e. The van der Waals surface area contributed by atoms with E-state index in [-0.39, 0.29) is 12.1 Å². The zero-order chi connectivity index (χ0) is 23.7. The Kier molecular flexibility index (Phi) is 6.39. The Morgan fingerprint density at radius 3 is 2.74 bits per heavy atom. The van der Waals surface area contributed by atoms with Gasteiger partial charge in [-0.1, -0.05) is 24.3 Å². The van der Waals surface area contributed by atoms with Gasteiger partial charge in [-0.15, -0.1) is 0 Å². The summed E-state index contributed by atoms with van der Waals surface area (Å²) < 4.78 is 11.4. The number of hydrogen-bond donors (Lipinski definition) is 1. The van der Waals surface area contributed by atoms with Gasteiger partial charge in [-0.3, -0.25) is 4.79 Å². The molecule has 2 saturated heterocycles. The van der Waals surface area contributed by atoms with Gasteiger partial charge in [0.1, 0.15) is 5.82 Å². The molecule has 3 aromatic rings. The standard InChI is InChI=1S/C27H32N4O3/c1-18-5-3-6-21(26-24(33-2)7-4-10-31(26)17-32)25(18)19-8-9-22-20(15-19)16-23(27(28)29-22)30-11-13-34-14-12-30/h3,5-6,8-9,15-17,24,26H,4,7,10-14H2,1-2H3,(H2,28,29). The Morgan fingerprint density at radius 2 is 1.97 bits per heavy atom. The number of fused-ring (bicyclic) bond motifs is 1. The molecule has 178 valence electrons. The minimum Gasteiger partial charge on any atom is -0.382 e. The molecule has 0 bridgehead atoms. The predicted octanol–water partition coefficient (Wildman–Crippen LogP) is 3.94. The molecule has 7 heteroatoms. The van der Waals surface area contributed by atoms with E-state index in [0.29, 0.717) is 19.0 Å². The molecule has 2 atom stereocenters. The number of pyridine rings is 1. The number of rotatable bonds is 5. The van der Waals surface area contributed by atoms with Crippen molar-refractivity contribution < 1.29 is 14.3 Å². The molecule has 5 rings (SSSR count). The van der Waals surface area contributed by atoms with Gasteiger partial charge in [0, 0.05) is 32.1 Å². The van der Waals surface area contributed by atoms with Crippen LogP contribution in [-0.4, -0.2) is 62.4 Å². The fourth-order valence-electron chi connectivity index (χ4n) is 5.45. The van der Waals surface area contributed by atoms with Gasteiger partial charge >= 0.3 is 0 Å². The van der Waals surface area contributed by atoms with E-state index in [1.807, 2.05) is 11.0 Å². The van der Waals surface area contributed by atoms with Crippen LogP contribution in [0.25, 0.3) is 22.0 Å². The van der Waals surface area contributed by atoms with E-state index < -0.39 is 0 Å². The van der Waals surface area contributed by atoms with Crippen molar-refractivity contribution in [2.45, 2.75) is 31.9 Å². The zero-order valence-electron chi connectivity index (χ0n) is 19.9. The van der Waals surface area contributed by atoms with Crippen molar-refractivity contribution in [2.75, 3.05) is 50.6 Å². The van der Waals surface area contributed by atoms with Crippen molar-refractivity contribution in [3.8, 4) is 11.1 Å². The van der Waals surface area contributed by atoms with Crippen molar-refractivity contribution in [2.24, 2.45) is 0 Å². The molecule has 0 radical (unpaired) electrons. The van der Waals surface area contributed by atoms with Gasteiger partial charge in [0.2, 0.25) is 6.41 Å². The molecular weight excluding hydrogens is 428 g/mol. The Bertz CT molecular complexity index is 1190. The quantitative estimate of drug-likeness (QED) is 0.581. The summed E-state index contributed by atoms with van der Waals surface area (Å²) in [5.41, 5.74) is 12.7. The molecule has 1 amide bonds. The molecule has 2 aliphatic rings. The molecule has 0 saturated carbocycles. The van der Waals surface area contributed by atoms with E-state index >= 15 is 0 Å². The molecule has 2 fully saturated rings. The van der Waals surface area contributed by atoms with E-state index in [1.54, 1.807) is 7.11 Å². The van der Waals surface area contributed by atoms with Gasteiger partial charge in [0.15, 0.2) is 0 Å². The zero-order valence-corrected chi connectivity index (χ0v) is 19.9. The highest BCUT2D eigenvalue weighted by Crippen LogP contribution is 2.40. The number of carbonyl (C=O) groups excluding carboxylic acids is 1. The number of morpholine rings is 1. The average molecular weight is 461 g/mol. The summed E-state index contributed by atoms with van der Waals surface area (Å²) in [7, 11) is 1.74. The molecule has 34 heavy (non-hydrogen) atoms. The van der Waals surface area contributed by atoms with Crippen molar-refractivity contribution in [1.82, 2.24) is 9.88 Å². The van der Waals surface area contributed by atoms with Gasteiger partial charge in [0.25, 0.3) is 0 Å². The smallest absolute Gasteiger partial charge is 0.210 e. The molecule has 2 N–H and O–H groups in total. The van der Waals surface area contributed by atoms with E-state index in [9.17, 15) is 4.79 Å². The lowest BCUT2D eigenvalue weighted by Gasteiger charge is -2.39. The number of carbonyl (C=O) groups is 1. The number of nitrogens with two attached hydrogens (primary N) is 1. The first-order valence-corrected chi connectivity index (χ1v) is 12.0. The van der Waals surface area contributed by atoms with Gasteiger partial charge in [-0.2, -0.15) is 0 Å². The lowest BCUT2D eigenvalue weighted by Crippen LogP contribution is -2.42. The fraction of sp³-hybridized carbons (Fsp3) is 0.407. The molecule has 3 heterocycles. The summed E-state index contributed by atoms with van der Waals surface area (Å²) in [6.07, 6.45) is 2.81. The number of nitrogen functional groups attached to an aromatic ring is 1. The average Bonchev–Trinajstić information content (AvgIpc) is 2.88. The Morgan fingerprint density at radius 1 is 1.15 bits per heavy atom. The first-order valence-electron chi connectivity index (χ1n) is 12.0. The van der Waals surface area contributed by atoms with Crippen LogP contribution in [0.4, 0.5) is 11.5 Å². The summed E-state index contributed by atoms with van der Waals surface area (Å²) in [5, 5.41) is 1.04. The molecule has 2 aliphatic heterocycles. The number of nitrogens with zero attached hydrogens (tertiary/aromatic N) is 3. The van der Waals surface area contributed by atoms with Crippen molar-refractivity contribution in [3.63, 3.8) is 0 Å². The second-order valence-corrected chi connectivity index (χ2v) is 9.14. The molecule has 0 aliphatic carbocycles. The van der Waals surface area contributed by atoms with Crippen LogP contribution in [0.1, 0.15) is 30.0 Å². The van der Waals surface area contributed by atoms with E-state index in [4.69, 9.17) is 20.2 Å². The van der Waals surface area contributed by atoms with Crippen LogP contribution < -0.4 is 10.6 Å². The number of methoxy groups -OCH3 is 1.